The second-order valence-electron chi connectivity index (χ2n) is 5.32. The zero-order valence-corrected chi connectivity index (χ0v) is 13.0. The Kier molecular flexibility index (Phi) is 4.69. The molecule has 0 radical (unpaired) electrons. The van der Waals surface area contributed by atoms with E-state index in [1.54, 1.807) is 6.20 Å². The van der Waals surface area contributed by atoms with E-state index in [1.165, 1.54) is 0 Å². The molecule has 0 atom stereocenters. The van der Waals surface area contributed by atoms with E-state index in [1.807, 2.05) is 28.8 Å². The lowest BCUT2D eigenvalue weighted by molar-refractivity contribution is -0.126. The van der Waals surface area contributed by atoms with Crippen molar-refractivity contribution in [2.24, 2.45) is 0 Å². The maximum atomic E-state index is 13.5. The van der Waals surface area contributed by atoms with Crippen molar-refractivity contribution in [1.29, 1.82) is 0 Å². The van der Waals surface area contributed by atoms with Crippen LogP contribution in [0.4, 0.5) is 14.5 Å². The predicted molar refractivity (Wildman–Crippen MR) is 86.6 cm³/mol. The van der Waals surface area contributed by atoms with E-state index in [9.17, 15) is 18.4 Å². The first-order chi connectivity index (χ1) is 12.0. The summed E-state index contributed by atoms with van der Waals surface area (Å²) in [6.45, 7) is 0.165. The van der Waals surface area contributed by atoms with E-state index >= 15 is 0 Å². The molecule has 128 valence electrons. The second kappa shape index (κ2) is 7.08. The molecule has 0 unspecified atom stereocenters. The Morgan fingerprint density at radius 2 is 1.96 bits per heavy atom. The van der Waals surface area contributed by atoms with Gasteiger partial charge >= 0.3 is 0 Å². The minimum absolute atomic E-state index is 0.165. The van der Waals surface area contributed by atoms with Crippen molar-refractivity contribution in [2.75, 3.05) is 5.32 Å². The highest BCUT2D eigenvalue weighted by Gasteiger charge is 2.12. The van der Waals surface area contributed by atoms with Gasteiger partial charge in [0.2, 0.25) is 11.8 Å². The summed E-state index contributed by atoms with van der Waals surface area (Å²) in [4.78, 5) is 27.9. The molecule has 1 aromatic carbocycles. The van der Waals surface area contributed by atoms with Gasteiger partial charge in [-0.25, -0.2) is 13.8 Å². The number of carbonyl (C=O) groups is 2. The van der Waals surface area contributed by atoms with Crippen LogP contribution in [0.2, 0.25) is 0 Å². The van der Waals surface area contributed by atoms with Gasteiger partial charge in [0.15, 0.2) is 0 Å². The predicted octanol–water partition coefficient (Wildman–Crippen LogP) is 2.26. The quantitative estimate of drug-likeness (QED) is 0.697. The van der Waals surface area contributed by atoms with Crippen LogP contribution >= 0.6 is 0 Å². The zero-order valence-electron chi connectivity index (χ0n) is 13.0. The Labute approximate surface area is 141 Å². The molecule has 0 spiro atoms. The molecule has 8 heteroatoms. The number of halogens is 2. The number of benzene rings is 1. The summed E-state index contributed by atoms with van der Waals surface area (Å²) in [7, 11) is 0. The summed E-state index contributed by atoms with van der Waals surface area (Å²) < 4.78 is 28.1. The number of amides is 2. The van der Waals surface area contributed by atoms with Crippen LogP contribution in [0.3, 0.4) is 0 Å². The van der Waals surface area contributed by atoms with E-state index in [0.29, 0.717) is 11.8 Å². The number of nitrogens with one attached hydrogen (secondary N) is 2. The van der Waals surface area contributed by atoms with E-state index in [-0.39, 0.29) is 12.2 Å². The molecular weight excluding hydrogens is 330 g/mol. The van der Waals surface area contributed by atoms with Gasteiger partial charge in [-0.05, 0) is 24.3 Å². The highest BCUT2D eigenvalue weighted by molar-refractivity contribution is 6.03. The number of rotatable bonds is 5. The highest BCUT2D eigenvalue weighted by Crippen LogP contribution is 2.15. The summed E-state index contributed by atoms with van der Waals surface area (Å²) in [5.74, 6) is -2.88. The third-order valence-corrected chi connectivity index (χ3v) is 3.41. The average molecular weight is 344 g/mol. The number of fused-ring (bicyclic) bond motifs is 1. The van der Waals surface area contributed by atoms with Crippen LogP contribution in [0, 0.1) is 11.6 Å². The Morgan fingerprint density at radius 3 is 2.72 bits per heavy atom. The first-order valence-electron chi connectivity index (χ1n) is 7.45. The van der Waals surface area contributed by atoms with Gasteiger partial charge in [-0.15, -0.1) is 0 Å². The highest BCUT2D eigenvalue weighted by atomic mass is 19.1. The van der Waals surface area contributed by atoms with Crippen LogP contribution in [0.1, 0.15) is 12.1 Å². The van der Waals surface area contributed by atoms with Crippen molar-refractivity contribution >= 4 is 23.1 Å². The molecule has 0 aliphatic heterocycles. The molecule has 0 saturated heterocycles. The molecule has 2 N–H and O–H groups in total. The first-order valence-corrected chi connectivity index (χ1v) is 7.45. The Bertz CT molecular complexity index is 906. The molecule has 0 saturated carbocycles. The zero-order chi connectivity index (χ0) is 17.8. The second-order valence-corrected chi connectivity index (χ2v) is 5.32. The molecule has 3 rings (SSSR count). The first kappa shape index (κ1) is 16.6. The lowest BCUT2D eigenvalue weighted by atomic mass is 10.2. The van der Waals surface area contributed by atoms with Crippen molar-refractivity contribution in [3.8, 4) is 0 Å². The maximum Gasteiger partial charge on any atom is 0.233 e. The fraction of sp³-hybridized carbons (Fsp3) is 0.118. The lowest BCUT2D eigenvalue weighted by Gasteiger charge is -2.06. The molecular formula is C17H14F2N4O2. The van der Waals surface area contributed by atoms with Crippen molar-refractivity contribution < 1.29 is 18.4 Å². The van der Waals surface area contributed by atoms with Crippen molar-refractivity contribution in [1.82, 2.24) is 14.7 Å². The normalized spacial score (nSPS) is 10.6. The van der Waals surface area contributed by atoms with Gasteiger partial charge < -0.3 is 15.0 Å². The number of hydrogen-bond donors (Lipinski definition) is 2. The van der Waals surface area contributed by atoms with E-state index in [0.717, 1.165) is 17.8 Å². The minimum Gasteiger partial charge on any atom is -0.350 e. The van der Waals surface area contributed by atoms with Gasteiger partial charge in [-0.3, -0.25) is 9.59 Å². The lowest BCUT2D eigenvalue weighted by Crippen LogP contribution is -2.28. The van der Waals surface area contributed by atoms with Gasteiger partial charge in [0, 0.05) is 18.5 Å². The molecule has 6 nitrogen and oxygen atoms in total. The van der Waals surface area contributed by atoms with Crippen LogP contribution in [0.15, 0.2) is 48.8 Å². The summed E-state index contributed by atoms with van der Waals surface area (Å²) in [5, 5.41) is 4.80. The summed E-state index contributed by atoms with van der Waals surface area (Å²) in [5.41, 5.74) is 1.21. The van der Waals surface area contributed by atoms with Crippen LogP contribution in [-0.4, -0.2) is 21.2 Å². The number of carbonyl (C=O) groups excluding carboxylic acids is 2. The molecule has 0 fully saturated rings. The average Bonchev–Trinajstić information content (AvgIpc) is 2.98. The van der Waals surface area contributed by atoms with E-state index < -0.39 is 29.9 Å². The van der Waals surface area contributed by atoms with Crippen LogP contribution in [0.5, 0.6) is 0 Å². The minimum atomic E-state index is -0.904. The van der Waals surface area contributed by atoms with Crippen molar-refractivity contribution in [3.63, 3.8) is 0 Å². The largest absolute Gasteiger partial charge is 0.350 e. The standard InChI is InChI=1S/C17H14F2N4O2/c18-11-4-5-14(13(19)7-11)22-17(25)8-16(24)20-9-12-10-23-6-2-1-3-15(23)21-12/h1-7,10H,8-9H2,(H,20,24)(H,22,25). The fourth-order valence-electron chi connectivity index (χ4n) is 2.26. The SMILES string of the molecule is O=C(CC(=O)Nc1ccc(F)cc1F)NCc1cn2ccccc2n1. The molecule has 3 aromatic rings. The Balaban J connectivity index is 1.52. The van der Waals surface area contributed by atoms with Crippen LogP contribution in [-0.2, 0) is 16.1 Å². The third kappa shape index (κ3) is 4.17. The number of imidazole rings is 1. The Hall–Kier alpha value is -3.29. The number of anilines is 1. The molecule has 0 bridgehead atoms. The molecule has 25 heavy (non-hydrogen) atoms. The van der Waals surface area contributed by atoms with Gasteiger partial charge in [0.25, 0.3) is 0 Å². The Morgan fingerprint density at radius 1 is 1.12 bits per heavy atom. The van der Waals surface area contributed by atoms with E-state index in [4.69, 9.17) is 0 Å². The van der Waals surface area contributed by atoms with Crippen LogP contribution < -0.4 is 10.6 Å². The van der Waals surface area contributed by atoms with Crippen molar-refractivity contribution in [2.45, 2.75) is 13.0 Å². The number of aromatic nitrogens is 2. The molecule has 0 aliphatic carbocycles. The number of hydrogen-bond acceptors (Lipinski definition) is 3. The summed E-state index contributed by atoms with van der Waals surface area (Å²) in [6, 6.07) is 8.30. The van der Waals surface area contributed by atoms with E-state index in [2.05, 4.69) is 15.6 Å². The van der Waals surface area contributed by atoms with Crippen molar-refractivity contribution in [3.05, 3.63) is 66.1 Å². The topological polar surface area (TPSA) is 75.5 Å². The molecule has 2 aromatic heterocycles. The van der Waals surface area contributed by atoms with Gasteiger partial charge in [0.1, 0.15) is 23.7 Å². The molecule has 2 heterocycles. The third-order valence-electron chi connectivity index (χ3n) is 3.41. The number of pyridine rings is 1. The van der Waals surface area contributed by atoms with Gasteiger partial charge in [0.05, 0.1) is 17.9 Å². The van der Waals surface area contributed by atoms with Crippen LogP contribution in [0.25, 0.3) is 5.65 Å². The summed E-state index contributed by atoms with van der Waals surface area (Å²) in [6.07, 6.45) is 3.12. The molecule has 2 amide bonds. The number of nitrogens with zero attached hydrogens (tertiary/aromatic N) is 2. The molecule has 0 aliphatic rings. The maximum absolute atomic E-state index is 13.5. The monoisotopic (exact) mass is 344 g/mol. The smallest absolute Gasteiger partial charge is 0.233 e. The fourth-order valence-corrected chi connectivity index (χ4v) is 2.26. The van der Waals surface area contributed by atoms with Gasteiger partial charge in [-0.2, -0.15) is 0 Å². The summed E-state index contributed by atoms with van der Waals surface area (Å²) >= 11 is 0. The van der Waals surface area contributed by atoms with Gasteiger partial charge in [-0.1, -0.05) is 6.07 Å².